The Morgan fingerprint density at radius 2 is 1.74 bits per heavy atom. The monoisotopic (exact) mass is 500 g/mol. The molecule has 1 unspecified atom stereocenters. The molecule has 7 nitrogen and oxygen atoms in total. The fourth-order valence-corrected chi connectivity index (χ4v) is 4.65. The third-order valence-electron chi connectivity index (χ3n) is 5.61. The van der Waals surface area contributed by atoms with Crippen LogP contribution in [0.4, 0.5) is 0 Å². The van der Waals surface area contributed by atoms with E-state index in [1.807, 2.05) is 19.1 Å². The summed E-state index contributed by atoms with van der Waals surface area (Å²) in [6, 6.07) is 14.6. The first-order valence-electron chi connectivity index (χ1n) is 10.5. The van der Waals surface area contributed by atoms with Gasteiger partial charge < -0.3 is 10.3 Å². The lowest BCUT2D eigenvalue weighted by Gasteiger charge is -2.20. The zero-order valence-electron chi connectivity index (χ0n) is 18.8. The number of ketones is 1. The van der Waals surface area contributed by atoms with E-state index in [2.05, 4.69) is 0 Å². The molecule has 2 aromatic carbocycles. The molecule has 0 bridgehead atoms. The van der Waals surface area contributed by atoms with E-state index < -0.39 is 15.7 Å². The van der Waals surface area contributed by atoms with Gasteiger partial charge in [-0.2, -0.15) is 0 Å². The fraction of sp³-hybridized carbons (Fsp3) is 0.240. The van der Waals surface area contributed by atoms with Crippen molar-refractivity contribution in [1.82, 2.24) is 4.57 Å². The Kier molecular flexibility index (Phi) is 7.74. The minimum atomic E-state index is -3.36. The summed E-state index contributed by atoms with van der Waals surface area (Å²) in [5, 5.41) is 0.570. The molecule has 0 aliphatic rings. The molecule has 2 N–H and O–H groups in total. The van der Waals surface area contributed by atoms with Crippen molar-refractivity contribution in [2.75, 3.05) is 6.26 Å². The molecule has 3 aromatic rings. The summed E-state index contributed by atoms with van der Waals surface area (Å²) >= 11 is 6.13. The van der Waals surface area contributed by atoms with Gasteiger partial charge in [0.25, 0.3) is 5.56 Å². The van der Waals surface area contributed by atoms with Crippen LogP contribution >= 0.6 is 11.6 Å². The predicted octanol–water partition coefficient (Wildman–Crippen LogP) is 3.49. The highest BCUT2D eigenvalue weighted by Crippen LogP contribution is 2.33. The van der Waals surface area contributed by atoms with Crippen molar-refractivity contribution in [2.45, 2.75) is 37.1 Å². The second-order valence-electron chi connectivity index (χ2n) is 8.19. The third-order valence-corrected chi connectivity index (χ3v) is 6.98. The molecule has 0 aliphatic carbocycles. The number of rotatable bonds is 9. The number of Topliss-reactive ketones (excluding diaryl/α,β-unsaturated/α-hetero) is 1. The van der Waals surface area contributed by atoms with Crippen molar-refractivity contribution in [3.63, 3.8) is 0 Å². The number of hydrogen-bond acceptors (Lipinski definition) is 5. The Hall–Kier alpha value is -3.23. The lowest BCUT2D eigenvalue weighted by molar-refractivity contribution is -0.118. The highest BCUT2D eigenvalue weighted by molar-refractivity contribution is 7.90. The SMILES string of the molecule is Cc1cc(Cl)ccc1C(CC(=O)c1ccc(=O)n(CCC(N)=O)c1)c1ccc(S(C)(=O)=O)cc1. The molecule has 0 radical (unpaired) electrons. The number of carbonyl (C=O) groups excluding carboxylic acids is 2. The van der Waals surface area contributed by atoms with Crippen molar-refractivity contribution in [3.05, 3.63) is 98.4 Å². The Bertz CT molecular complexity index is 1400. The highest BCUT2D eigenvalue weighted by atomic mass is 35.5. The maximum Gasteiger partial charge on any atom is 0.250 e. The van der Waals surface area contributed by atoms with Gasteiger partial charge in [0.15, 0.2) is 15.6 Å². The van der Waals surface area contributed by atoms with Crippen LogP contribution < -0.4 is 11.3 Å². The molecule has 9 heteroatoms. The van der Waals surface area contributed by atoms with Gasteiger partial charge in [-0.1, -0.05) is 29.8 Å². The summed E-state index contributed by atoms with van der Waals surface area (Å²) in [5.74, 6) is -1.12. The number of primary amides is 1. The normalized spacial score (nSPS) is 12.3. The molecule has 3 rings (SSSR count). The van der Waals surface area contributed by atoms with Crippen LogP contribution in [0.3, 0.4) is 0 Å². The van der Waals surface area contributed by atoms with E-state index in [0.717, 1.165) is 22.9 Å². The fourth-order valence-electron chi connectivity index (χ4n) is 3.79. The molecule has 1 heterocycles. The van der Waals surface area contributed by atoms with Gasteiger partial charge >= 0.3 is 0 Å². The van der Waals surface area contributed by atoms with Crippen LogP contribution in [-0.4, -0.2) is 30.9 Å². The molecule has 1 aromatic heterocycles. The van der Waals surface area contributed by atoms with Crippen molar-refractivity contribution < 1.29 is 18.0 Å². The lowest BCUT2D eigenvalue weighted by atomic mass is 9.84. The molecule has 1 amide bonds. The molecular formula is C25H25ClN2O5S. The Morgan fingerprint density at radius 3 is 2.32 bits per heavy atom. The van der Waals surface area contributed by atoms with E-state index in [0.29, 0.717) is 10.6 Å². The number of hydrogen-bond donors (Lipinski definition) is 1. The minimum absolute atomic E-state index is 0.0170. The minimum Gasteiger partial charge on any atom is -0.370 e. The highest BCUT2D eigenvalue weighted by Gasteiger charge is 2.22. The van der Waals surface area contributed by atoms with Crippen LogP contribution in [0.15, 0.2) is 70.5 Å². The number of nitrogens with zero attached hydrogens (tertiary/aromatic N) is 1. The van der Waals surface area contributed by atoms with E-state index in [1.165, 1.54) is 35.0 Å². The van der Waals surface area contributed by atoms with Gasteiger partial charge in [0.05, 0.1) is 4.90 Å². The smallest absolute Gasteiger partial charge is 0.250 e. The molecular weight excluding hydrogens is 476 g/mol. The first kappa shape index (κ1) is 25.4. The second-order valence-corrected chi connectivity index (χ2v) is 10.6. The quantitative estimate of drug-likeness (QED) is 0.451. The average molecular weight is 501 g/mol. The molecule has 0 aliphatic heterocycles. The Labute approximate surface area is 203 Å². The van der Waals surface area contributed by atoms with Crippen LogP contribution in [0.2, 0.25) is 5.02 Å². The number of nitrogens with two attached hydrogens (primary N) is 1. The Morgan fingerprint density at radius 1 is 1.06 bits per heavy atom. The number of aromatic nitrogens is 1. The van der Waals surface area contributed by atoms with Crippen LogP contribution in [0.1, 0.15) is 45.8 Å². The summed E-state index contributed by atoms with van der Waals surface area (Å²) < 4.78 is 25.0. The van der Waals surface area contributed by atoms with Crippen LogP contribution in [0.25, 0.3) is 0 Å². The molecule has 0 fully saturated rings. The predicted molar refractivity (Wildman–Crippen MR) is 131 cm³/mol. The summed E-state index contributed by atoms with van der Waals surface area (Å²) in [6.07, 6.45) is 2.64. The third kappa shape index (κ3) is 6.21. The van der Waals surface area contributed by atoms with Gasteiger partial charge in [-0.3, -0.25) is 14.4 Å². The molecule has 178 valence electrons. The summed E-state index contributed by atoms with van der Waals surface area (Å²) in [5.41, 5.74) is 7.72. The maximum atomic E-state index is 13.3. The topological polar surface area (TPSA) is 116 Å². The first-order valence-corrected chi connectivity index (χ1v) is 12.8. The molecule has 0 spiro atoms. The molecule has 34 heavy (non-hydrogen) atoms. The number of sulfone groups is 1. The van der Waals surface area contributed by atoms with Crippen molar-refractivity contribution in [3.8, 4) is 0 Å². The number of pyridine rings is 1. The maximum absolute atomic E-state index is 13.3. The first-order chi connectivity index (χ1) is 16.0. The molecule has 0 saturated carbocycles. The zero-order chi connectivity index (χ0) is 25.0. The van der Waals surface area contributed by atoms with E-state index in [4.69, 9.17) is 17.3 Å². The van der Waals surface area contributed by atoms with Crippen molar-refractivity contribution in [2.24, 2.45) is 5.73 Å². The number of carbonyl (C=O) groups is 2. The lowest BCUT2D eigenvalue weighted by Crippen LogP contribution is -2.23. The van der Waals surface area contributed by atoms with Gasteiger partial charge in [-0.15, -0.1) is 0 Å². The van der Waals surface area contributed by atoms with E-state index >= 15 is 0 Å². The number of amides is 1. The average Bonchev–Trinajstić information content (AvgIpc) is 2.76. The van der Waals surface area contributed by atoms with Gasteiger partial charge in [0, 0.05) is 54.4 Å². The van der Waals surface area contributed by atoms with E-state index in [-0.39, 0.29) is 41.5 Å². The molecule has 0 saturated heterocycles. The van der Waals surface area contributed by atoms with E-state index in [9.17, 15) is 22.8 Å². The molecule has 1 atom stereocenters. The largest absolute Gasteiger partial charge is 0.370 e. The number of aryl methyl sites for hydroxylation is 2. The standard InChI is InChI=1S/C25H25ClN2O5S/c1-16-13-19(26)6-9-21(16)22(17-3-7-20(8-4-17)34(2,32)33)14-23(29)18-5-10-25(31)28(15-18)12-11-24(27)30/h3-10,13,15,22H,11-12,14H2,1-2H3,(H2,27,30). The van der Waals surface area contributed by atoms with Crippen LogP contribution in [0, 0.1) is 6.92 Å². The van der Waals surface area contributed by atoms with Crippen LogP contribution in [-0.2, 0) is 21.2 Å². The van der Waals surface area contributed by atoms with Gasteiger partial charge in [0.2, 0.25) is 5.91 Å². The second kappa shape index (κ2) is 10.4. The number of benzene rings is 2. The van der Waals surface area contributed by atoms with Gasteiger partial charge in [0.1, 0.15) is 0 Å². The summed E-state index contributed by atoms with van der Waals surface area (Å²) in [4.78, 5) is 36.7. The van der Waals surface area contributed by atoms with Gasteiger partial charge in [-0.05, 0) is 53.9 Å². The van der Waals surface area contributed by atoms with Crippen LogP contribution in [0.5, 0.6) is 0 Å². The van der Waals surface area contributed by atoms with Gasteiger partial charge in [-0.25, -0.2) is 8.42 Å². The van der Waals surface area contributed by atoms with Crippen molar-refractivity contribution >= 4 is 33.1 Å². The Balaban J connectivity index is 1.99. The summed E-state index contributed by atoms with van der Waals surface area (Å²) in [7, 11) is -3.36. The van der Waals surface area contributed by atoms with Crippen molar-refractivity contribution in [1.29, 1.82) is 0 Å². The van der Waals surface area contributed by atoms with E-state index in [1.54, 1.807) is 18.2 Å². The summed E-state index contributed by atoms with van der Waals surface area (Å²) in [6.45, 7) is 1.98. The zero-order valence-corrected chi connectivity index (χ0v) is 20.4. The number of halogens is 1.